The van der Waals surface area contributed by atoms with Crippen LogP contribution in [0.2, 0.25) is 0 Å². The van der Waals surface area contributed by atoms with E-state index in [4.69, 9.17) is 0 Å². The zero-order valence-corrected chi connectivity index (χ0v) is 19.5. The first-order valence-electron chi connectivity index (χ1n) is 11.1. The van der Waals surface area contributed by atoms with Crippen LogP contribution < -0.4 is 5.32 Å². The standard InChI is InChI=1S/C23H31N5O2S/c1-14-10-15(2)13-27(12-14)22(30)16(3)31-23-26-25-21(18-8-9-18)28(23)20-7-5-6-19(11-20)24-17(4)29/h5-7,11,14-16,18H,8-10,12-13H2,1-4H3,(H,24,29). The maximum Gasteiger partial charge on any atom is 0.235 e. The van der Waals surface area contributed by atoms with Gasteiger partial charge in [0, 0.05) is 31.6 Å². The van der Waals surface area contributed by atoms with Crippen LogP contribution >= 0.6 is 11.8 Å². The van der Waals surface area contributed by atoms with Crippen LogP contribution in [0.5, 0.6) is 0 Å². The number of amides is 2. The summed E-state index contributed by atoms with van der Waals surface area (Å²) in [5.41, 5.74) is 1.64. The summed E-state index contributed by atoms with van der Waals surface area (Å²) in [6.07, 6.45) is 3.38. The normalized spacial score (nSPS) is 22.3. The zero-order chi connectivity index (χ0) is 22.1. The van der Waals surface area contributed by atoms with Crippen LogP contribution in [-0.4, -0.2) is 49.8 Å². The second-order valence-electron chi connectivity index (χ2n) is 9.13. The van der Waals surface area contributed by atoms with Gasteiger partial charge < -0.3 is 10.2 Å². The zero-order valence-electron chi connectivity index (χ0n) is 18.7. The lowest BCUT2D eigenvalue weighted by Gasteiger charge is -2.36. The predicted octanol–water partition coefficient (Wildman–Crippen LogP) is 4.09. The van der Waals surface area contributed by atoms with Crippen molar-refractivity contribution in [2.45, 2.75) is 63.3 Å². The number of carbonyl (C=O) groups is 2. The fraction of sp³-hybridized carbons (Fsp3) is 0.565. The highest BCUT2D eigenvalue weighted by Gasteiger charge is 2.33. The third kappa shape index (κ3) is 5.11. The van der Waals surface area contributed by atoms with Crippen LogP contribution in [0.4, 0.5) is 5.69 Å². The van der Waals surface area contributed by atoms with E-state index >= 15 is 0 Å². The Morgan fingerprint density at radius 1 is 1.16 bits per heavy atom. The Kier molecular flexibility index (Phi) is 6.36. The SMILES string of the molecule is CC(=O)Nc1cccc(-n2c(SC(C)C(=O)N3CC(C)CC(C)C3)nnc2C2CC2)c1. The number of hydrogen-bond acceptors (Lipinski definition) is 5. The average Bonchev–Trinajstić information content (AvgIpc) is 3.46. The highest BCUT2D eigenvalue weighted by Crippen LogP contribution is 2.42. The van der Waals surface area contributed by atoms with Gasteiger partial charge in [-0.25, -0.2) is 0 Å². The van der Waals surface area contributed by atoms with Crippen molar-refractivity contribution in [3.8, 4) is 5.69 Å². The number of piperidine rings is 1. The molecular formula is C23H31N5O2S. The molecule has 2 amide bonds. The van der Waals surface area contributed by atoms with Crippen LogP contribution in [0.1, 0.15) is 58.7 Å². The van der Waals surface area contributed by atoms with Crippen molar-refractivity contribution in [3.05, 3.63) is 30.1 Å². The van der Waals surface area contributed by atoms with Crippen molar-refractivity contribution >= 4 is 29.3 Å². The molecule has 2 fully saturated rings. The Morgan fingerprint density at radius 3 is 2.52 bits per heavy atom. The summed E-state index contributed by atoms with van der Waals surface area (Å²) in [4.78, 5) is 26.7. The highest BCUT2D eigenvalue weighted by molar-refractivity contribution is 8.00. The number of aromatic nitrogens is 3. The summed E-state index contributed by atoms with van der Waals surface area (Å²) < 4.78 is 2.05. The lowest BCUT2D eigenvalue weighted by molar-refractivity contribution is -0.133. The third-order valence-electron chi connectivity index (χ3n) is 5.84. The van der Waals surface area contributed by atoms with E-state index in [0.29, 0.717) is 17.8 Å². The van der Waals surface area contributed by atoms with Gasteiger partial charge in [0.05, 0.1) is 10.9 Å². The minimum Gasteiger partial charge on any atom is -0.341 e. The summed E-state index contributed by atoms with van der Waals surface area (Å²) in [7, 11) is 0. The molecule has 8 heteroatoms. The molecule has 1 aromatic heterocycles. The Hall–Kier alpha value is -2.35. The molecule has 1 aromatic carbocycles. The van der Waals surface area contributed by atoms with Crippen molar-refractivity contribution in [2.24, 2.45) is 11.8 Å². The first-order valence-corrected chi connectivity index (χ1v) is 12.0. The molecule has 1 aliphatic carbocycles. The van der Waals surface area contributed by atoms with Gasteiger partial charge in [-0.2, -0.15) is 0 Å². The molecule has 3 unspecified atom stereocenters. The van der Waals surface area contributed by atoms with Gasteiger partial charge in [-0.1, -0.05) is 31.7 Å². The first kappa shape index (κ1) is 21.9. The molecule has 0 radical (unpaired) electrons. The molecule has 0 spiro atoms. The summed E-state index contributed by atoms with van der Waals surface area (Å²) in [5.74, 6) is 2.46. The van der Waals surface area contributed by atoms with Gasteiger partial charge in [0.1, 0.15) is 5.82 Å². The van der Waals surface area contributed by atoms with E-state index in [0.717, 1.165) is 48.3 Å². The molecular weight excluding hydrogens is 410 g/mol. The van der Waals surface area contributed by atoms with E-state index < -0.39 is 0 Å². The second-order valence-corrected chi connectivity index (χ2v) is 10.4. The molecule has 1 saturated carbocycles. The quantitative estimate of drug-likeness (QED) is 0.683. The summed E-state index contributed by atoms with van der Waals surface area (Å²) in [6, 6.07) is 7.70. The smallest absolute Gasteiger partial charge is 0.235 e. The molecule has 1 N–H and O–H groups in total. The Balaban J connectivity index is 1.58. The van der Waals surface area contributed by atoms with Crippen molar-refractivity contribution in [3.63, 3.8) is 0 Å². The summed E-state index contributed by atoms with van der Waals surface area (Å²) in [6.45, 7) is 9.54. The number of likely N-dealkylation sites (tertiary alicyclic amines) is 1. The van der Waals surface area contributed by atoms with Gasteiger partial charge in [0.15, 0.2) is 5.16 Å². The lowest BCUT2D eigenvalue weighted by atomic mass is 9.92. The Bertz CT molecular complexity index is 961. The summed E-state index contributed by atoms with van der Waals surface area (Å²) in [5, 5.41) is 12.3. The van der Waals surface area contributed by atoms with Gasteiger partial charge in [0.25, 0.3) is 0 Å². The maximum absolute atomic E-state index is 13.2. The Morgan fingerprint density at radius 2 is 1.87 bits per heavy atom. The molecule has 2 heterocycles. The van der Waals surface area contributed by atoms with E-state index in [1.807, 2.05) is 36.1 Å². The molecule has 1 saturated heterocycles. The number of nitrogens with zero attached hydrogens (tertiary/aromatic N) is 4. The molecule has 2 aromatic rings. The van der Waals surface area contributed by atoms with Gasteiger partial charge in [-0.3, -0.25) is 14.2 Å². The number of hydrogen-bond donors (Lipinski definition) is 1. The number of nitrogens with one attached hydrogen (secondary N) is 1. The topological polar surface area (TPSA) is 80.1 Å². The fourth-order valence-corrected chi connectivity index (χ4v) is 5.40. The van der Waals surface area contributed by atoms with Crippen molar-refractivity contribution in [2.75, 3.05) is 18.4 Å². The molecule has 0 bridgehead atoms. The highest BCUT2D eigenvalue weighted by atomic mass is 32.2. The van der Waals surface area contributed by atoms with E-state index in [-0.39, 0.29) is 17.1 Å². The number of anilines is 1. The number of rotatable bonds is 6. The molecule has 3 atom stereocenters. The third-order valence-corrected chi connectivity index (χ3v) is 6.87. The molecule has 2 aliphatic rings. The largest absolute Gasteiger partial charge is 0.341 e. The van der Waals surface area contributed by atoms with E-state index in [9.17, 15) is 9.59 Å². The maximum atomic E-state index is 13.2. The van der Waals surface area contributed by atoms with Crippen LogP contribution in [0.25, 0.3) is 5.69 Å². The van der Waals surface area contributed by atoms with Gasteiger partial charge >= 0.3 is 0 Å². The van der Waals surface area contributed by atoms with Crippen molar-refractivity contribution < 1.29 is 9.59 Å². The summed E-state index contributed by atoms with van der Waals surface area (Å²) >= 11 is 1.47. The Labute approximate surface area is 188 Å². The first-order chi connectivity index (χ1) is 14.8. The second kappa shape index (κ2) is 9.02. The molecule has 4 rings (SSSR count). The lowest BCUT2D eigenvalue weighted by Crippen LogP contribution is -2.45. The fourth-order valence-electron chi connectivity index (χ4n) is 4.44. The van der Waals surface area contributed by atoms with Gasteiger partial charge in [0.2, 0.25) is 11.8 Å². The van der Waals surface area contributed by atoms with E-state index in [1.165, 1.54) is 25.1 Å². The number of benzene rings is 1. The number of thioether (sulfide) groups is 1. The minimum absolute atomic E-state index is 0.109. The average molecular weight is 442 g/mol. The van der Waals surface area contributed by atoms with Crippen LogP contribution in [0.15, 0.2) is 29.4 Å². The van der Waals surface area contributed by atoms with Crippen LogP contribution in [-0.2, 0) is 9.59 Å². The minimum atomic E-state index is -0.244. The van der Waals surface area contributed by atoms with Crippen LogP contribution in [0.3, 0.4) is 0 Å². The molecule has 166 valence electrons. The van der Waals surface area contributed by atoms with Crippen molar-refractivity contribution in [1.82, 2.24) is 19.7 Å². The molecule has 7 nitrogen and oxygen atoms in total. The number of carbonyl (C=O) groups excluding carboxylic acids is 2. The van der Waals surface area contributed by atoms with Gasteiger partial charge in [-0.05, 0) is 56.2 Å². The monoisotopic (exact) mass is 441 g/mol. The van der Waals surface area contributed by atoms with Crippen molar-refractivity contribution in [1.29, 1.82) is 0 Å². The van der Waals surface area contributed by atoms with E-state index in [2.05, 4.69) is 33.9 Å². The van der Waals surface area contributed by atoms with E-state index in [1.54, 1.807) is 0 Å². The van der Waals surface area contributed by atoms with Gasteiger partial charge in [-0.15, -0.1) is 10.2 Å². The molecule has 1 aliphatic heterocycles. The predicted molar refractivity (Wildman–Crippen MR) is 122 cm³/mol. The molecule has 31 heavy (non-hydrogen) atoms. The van der Waals surface area contributed by atoms with Crippen LogP contribution in [0, 0.1) is 11.8 Å².